The van der Waals surface area contributed by atoms with E-state index >= 15 is 0 Å². The molecule has 3 aromatic rings. The van der Waals surface area contributed by atoms with Crippen molar-refractivity contribution in [3.8, 4) is 17.2 Å². The standard InChI is InChI=1S/C29H31N5O3/c1-29(2,3)28-33-27(37-34-28)24(35)14-20-7-5-4-6-19-12-17(8-9-22(19)20)18-10-11-31-25(15-18)32-26(36)23-13-21(23)16-30/h8-12,15,20-21,23H,4-7,13-14H2,1-3H3,(H,31,32,36)/t20-,21+,23+/m0/s1. The van der Waals surface area contributed by atoms with Gasteiger partial charge in [-0.15, -0.1) is 0 Å². The van der Waals surface area contributed by atoms with E-state index in [-0.39, 0.29) is 40.7 Å². The maximum Gasteiger partial charge on any atom is 0.294 e. The van der Waals surface area contributed by atoms with Gasteiger partial charge in [0.2, 0.25) is 11.7 Å². The molecule has 0 radical (unpaired) electrons. The maximum absolute atomic E-state index is 13.0. The van der Waals surface area contributed by atoms with Crippen molar-refractivity contribution in [3.63, 3.8) is 0 Å². The molecule has 0 aliphatic heterocycles. The van der Waals surface area contributed by atoms with E-state index in [1.807, 2.05) is 32.9 Å². The van der Waals surface area contributed by atoms with Crippen LogP contribution in [0.4, 0.5) is 5.82 Å². The highest BCUT2D eigenvalue weighted by atomic mass is 16.5. The number of aromatic nitrogens is 3. The number of nitriles is 1. The van der Waals surface area contributed by atoms with E-state index < -0.39 is 0 Å². The normalized spacial score (nSPS) is 20.9. The number of hydrogen-bond acceptors (Lipinski definition) is 7. The Labute approximate surface area is 216 Å². The minimum atomic E-state index is -0.278. The van der Waals surface area contributed by atoms with Crippen LogP contribution in [-0.2, 0) is 16.6 Å². The van der Waals surface area contributed by atoms with Crippen molar-refractivity contribution < 1.29 is 14.1 Å². The zero-order valence-corrected chi connectivity index (χ0v) is 21.5. The predicted octanol–water partition coefficient (Wildman–Crippen LogP) is 5.61. The molecule has 8 heteroatoms. The lowest BCUT2D eigenvalue weighted by Crippen LogP contribution is -2.15. The van der Waals surface area contributed by atoms with Gasteiger partial charge in [-0.3, -0.25) is 9.59 Å². The Kier molecular flexibility index (Phi) is 6.63. The van der Waals surface area contributed by atoms with Crippen molar-refractivity contribution >= 4 is 17.5 Å². The monoisotopic (exact) mass is 497 g/mol. The van der Waals surface area contributed by atoms with Gasteiger partial charge >= 0.3 is 0 Å². The molecule has 2 aliphatic rings. The van der Waals surface area contributed by atoms with Gasteiger partial charge in [0.15, 0.2) is 5.82 Å². The summed E-state index contributed by atoms with van der Waals surface area (Å²) in [6, 6.07) is 12.3. The number of benzene rings is 1. The van der Waals surface area contributed by atoms with Crippen LogP contribution in [0, 0.1) is 23.2 Å². The second-order valence-electron chi connectivity index (χ2n) is 11.2. The van der Waals surface area contributed by atoms with Crippen molar-refractivity contribution in [1.82, 2.24) is 15.1 Å². The lowest BCUT2D eigenvalue weighted by Gasteiger charge is -2.17. The fraction of sp³-hybridized carbons (Fsp3) is 0.448. The third-order valence-corrected chi connectivity index (χ3v) is 7.24. The SMILES string of the molecule is CC(C)(C)c1noc(C(=O)C[C@@H]2CCCCc3cc(-c4ccnc(NC(=O)[C@@H]5C[C@@H]5C#N)c4)ccc32)n1. The van der Waals surface area contributed by atoms with Crippen molar-refractivity contribution in [3.05, 3.63) is 59.4 Å². The number of hydrogen-bond donors (Lipinski definition) is 1. The topological polar surface area (TPSA) is 122 Å². The van der Waals surface area contributed by atoms with E-state index in [9.17, 15) is 9.59 Å². The van der Waals surface area contributed by atoms with Crippen LogP contribution in [0.25, 0.3) is 11.1 Å². The van der Waals surface area contributed by atoms with Crippen molar-refractivity contribution in [2.75, 3.05) is 5.32 Å². The molecule has 2 aliphatic carbocycles. The first-order chi connectivity index (χ1) is 17.7. The molecule has 3 atom stereocenters. The molecule has 1 N–H and O–H groups in total. The highest BCUT2D eigenvalue weighted by Gasteiger charge is 2.43. The first-order valence-electron chi connectivity index (χ1n) is 12.9. The predicted molar refractivity (Wildman–Crippen MR) is 138 cm³/mol. The van der Waals surface area contributed by atoms with Crippen LogP contribution in [0.3, 0.4) is 0 Å². The van der Waals surface area contributed by atoms with Crippen molar-refractivity contribution in [1.29, 1.82) is 5.26 Å². The fourth-order valence-electron chi connectivity index (χ4n) is 4.95. The molecule has 37 heavy (non-hydrogen) atoms. The molecule has 1 aromatic carbocycles. The van der Waals surface area contributed by atoms with Crippen LogP contribution in [0.2, 0.25) is 0 Å². The second kappa shape index (κ2) is 9.89. The maximum atomic E-state index is 13.0. The van der Waals surface area contributed by atoms with Gasteiger partial charge < -0.3 is 9.84 Å². The number of pyridine rings is 1. The van der Waals surface area contributed by atoms with Crippen LogP contribution in [0.15, 0.2) is 41.1 Å². The highest BCUT2D eigenvalue weighted by molar-refractivity contribution is 5.94. The van der Waals surface area contributed by atoms with E-state index in [1.165, 1.54) is 11.1 Å². The van der Waals surface area contributed by atoms with Crippen molar-refractivity contribution in [2.45, 2.75) is 70.6 Å². The summed E-state index contributed by atoms with van der Waals surface area (Å²) >= 11 is 0. The zero-order valence-electron chi connectivity index (χ0n) is 21.5. The lowest BCUT2D eigenvalue weighted by atomic mass is 9.87. The van der Waals surface area contributed by atoms with E-state index in [0.29, 0.717) is 24.5 Å². The van der Waals surface area contributed by atoms with Crippen LogP contribution in [0.1, 0.15) is 86.4 Å². The average Bonchev–Trinajstić information content (AvgIpc) is 3.55. The fourth-order valence-corrected chi connectivity index (χ4v) is 4.95. The third-order valence-electron chi connectivity index (χ3n) is 7.24. The molecule has 2 aromatic heterocycles. The van der Waals surface area contributed by atoms with Gasteiger partial charge in [-0.05, 0) is 66.0 Å². The second-order valence-corrected chi connectivity index (χ2v) is 11.2. The van der Waals surface area contributed by atoms with Gasteiger partial charge in [0, 0.05) is 18.0 Å². The van der Waals surface area contributed by atoms with E-state index in [0.717, 1.165) is 36.8 Å². The van der Waals surface area contributed by atoms with E-state index in [4.69, 9.17) is 9.78 Å². The molecule has 0 unspecified atom stereocenters. The minimum absolute atomic E-state index is 0.0889. The Balaban J connectivity index is 1.33. The summed E-state index contributed by atoms with van der Waals surface area (Å²) in [5.74, 6) is 0.516. The molecule has 0 bridgehead atoms. The number of rotatable bonds is 6. The van der Waals surface area contributed by atoms with Gasteiger partial charge in [-0.1, -0.05) is 50.5 Å². The smallest absolute Gasteiger partial charge is 0.294 e. The Morgan fingerprint density at radius 1 is 1.16 bits per heavy atom. The number of aryl methyl sites for hydroxylation is 1. The number of ketones is 1. The minimum Gasteiger partial charge on any atom is -0.331 e. The van der Waals surface area contributed by atoms with Gasteiger partial charge in [0.05, 0.1) is 17.9 Å². The van der Waals surface area contributed by atoms with Crippen molar-refractivity contribution in [2.24, 2.45) is 11.8 Å². The number of carbonyl (C=O) groups is 2. The summed E-state index contributed by atoms with van der Waals surface area (Å²) < 4.78 is 5.30. The average molecular weight is 498 g/mol. The van der Waals surface area contributed by atoms with Crippen LogP contribution in [0.5, 0.6) is 0 Å². The molecular formula is C29H31N5O3. The van der Waals surface area contributed by atoms with Crippen LogP contribution in [-0.4, -0.2) is 26.8 Å². The summed E-state index contributed by atoms with van der Waals surface area (Å²) in [4.78, 5) is 34.0. The first-order valence-corrected chi connectivity index (χ1v) is 12.9. The molecule has 0 spiro atoms. The van der Waals surface area contributed by atoms with E-state index in [1.54, 1.807) is 6.20 Å². The molecule has 1 fully saturated rings. The van der Waals surface area contributed by atoms with Gasteiger partial charge in [0.1, 0.15) is 5.82 Å². The number of anilines is 1. The number of fused-ring (bicyclic) bond motifs is 1. The summed E-state index contributed by atoms with van der Waals surface area (Å²) in [5.41, 5.74) is 4.16. The Hall–Kier alpha value is -3.86. The van der Waals surface area contributed by atoms with Crippen LogP contribution >= 0.6 is 0 Å². The number of Topliss-reactive ketones (excluding diaryl/α,β-unsaturated/α-hetero) is 1. The van der Waals surface area contributed by atoms with Gasteiger partial charge in [-0.2, -0.15) is 10.2 Å². The molecule has 1 amide bonds. The molecule has 8 nitrogen and oxygen atoms in total. The third kappa shape index (κ3) is 5.46. The number of carbonyl (C=O) groups excluding carboxylic acids is 2. The molecule has 1 saturated carbocycles. The summed E-state index contributed by atoms with van der Waals surface area (Å²) in [6.45, 7) is 5.96. The largest absolute Gasteiger partial charge is 0.331 e. The lowest BCUT2D eigenvalue weighted by molar-refractivity contribution is -0.117. The summed E-state index contributed by atoms with van der Waals surface area (Å²) in [7, 11) is 0. The van der Waals surface area contributed by atoms with Crippen LogP contribution < -0.4 is 5.32 Å². The number of amides is 1. The first kappa shape index (κ1) is 24.8. The highest BCUT2D eigenvalue weighted by Crippen LogP contribution is 2.39. The Morgan fingerprint density at radius 3 is 2.70 bits per heavy atom. The number of nitrogens with one attached hydrogen (secondary N) is 1. The Morgan fingerprint density at radius 2 is 1.97 bits per heavy atom. The summed E-state index contributed by atoms with van der Waals surface area (Å²) in [6.07, 6.45) is 6.64. The van der Waals surface area contributed by atoms with E-state index in [2.05, 4.69) is 44.7 Å². The zero-order chi connectivity index (χ0) is 26.2. The molecular weight excluding hydrogens is 466 g/mol. The Bertz CT molecular complexity index is 1380. The summed E-state index contributed by atoms with van der Waals surface area (Å²) in [5, 5.41) is 15.8. The molecule has 2 heterocycles. The number of nitrogens with zero attached hydrogens (tertiary/aromatic N) is 4. The molecule has 190 valence electrons. The molecule has 5 rings (SSSR count). The molecule has 0 saturated heterocycles. The van der Waals surface area contributed by atoms with Gasteiger partial charge in [-0.25, -0.2) is 4.98 Å². The quantitative estimate of drug-likeness (QED) is 0.347. The van der Waals surface area contributed by atoms with Gasteiger partial charge in [0.25, 0.3) is 5.89 Å².